The number of H-pyrrole nitrogens is 1. The first-order valence-corrected chi connectivity index (χ1v) is 6.80. The molecule has 1 aromatic carbocycles. The van der Waals surface area contributed by atoms with Gasteiger partial charge in [-0.3, -0.25) is 9.89 Å². The van der Waals surface area contributed by atoms with E-state index in [0.29, 0.717) is 16.0 Å². The monoisotopic (exact) mass is 330 g/mol. The van der Waals surface area contributed by atoms with Gasteiger partial charge in [0, 0.05) is 11.1 Å². The Morgan fingerprint density at radius 3 is 3.00 bits per heavy atom. The summed E-state index contributed by atoms with van der Waals surface area (Å²) in [5.41, 5.74) is 2.88. The lowest BCUT2D eigenvalue weighted by atomic mass is 10.2. The second-order valence-electron chi connectivity index (χ2n) is 4.43. The van der Waals surface area contributed by atoms with E-state index >= 15 is 0 Å². The number of benzene rings is 1. The maximum absolute atomic E-state index is 12.2. The maximum atomic E-state index is 12.2. The Labute approximate surface area is 123 Å². The quantitative estimate of drug-likeness (QED) is 0.708. The average molecular weight is 331 g/mol. The van der Waals surface area contributed by atoms with Crippen molar-refractivity contribution in [3.05, 3.63) is 52.4 Å². The van der Waals surface area contributed by atoms with E-state index in [1.165, 1.54) is 0 Å². The van der Waals surface area contributed by atoms with Crippen LogP contribution in [0.4, 0.5) is 5.69 Å². The molecule has 0 aliphatic carbocycles. The molecule has 0 saturated heterocycles. The van der Waals surface area contributed by atoms with Gasteiger partial charge < -0.3 is 5.32 Å². The van der Waals surface area contributed by atoms with Crippen LogP contribution in [0, 0.1) is 6.92 Å². The molecule has 1 amide bonds. The molecular formula is C14H11BrN4O. The highest BCUT2D eigenvalue weighted by atomic mass is 79.9. The van der Waals surface area contributed by atoms with E-state index < -0.39 is 0 Å². The van der Waals surface area contributed by atoms with Crippen LogP contribution in [0.3, 0.4) is 0 Å². The molecule has 0 radical (unpaired) electrons. The number of nitrogens with zero attached hydrogens (tertiary/aromatic N) is 2. The summed E-state index contributed by atoms with van der Waals surface area (Å²) in [5.74, 6) is -0.230. The van der Waals surface area contributed by atoms with Crippen LogP contribution >= 0.6 is 15.9 Å². The van der Waals surface area contributed by atoms with Crippen LogP contribution in [0.15, 0.2) is 41.1 Å². The molecule has 0 atom stereocenters. The van der Waals surface area contributed by atoms with Crippen LogP contribution in [0.1, 0.15) is 16.1 Å². The van der Waals surface area contributed by atoms with Gasteiger partial charge in [0.15, 0.2) is 0 Å². The number of nitrogens with one attached hydrogen (secondary N) is 2. The lowest BCUT2D eigenvalue weighted by Crippen LogP contribution is -2.15. The number of fused-ring (bicyclic) bond motifs is 1. The van der Waals surface area contributed by atoms with Crippen LogP contribution < -0.4 is 5.32 Å². The largest absolute Gasteiger partial charge is 0.321 e. The zero-order valence-corrected chi connectivity index (χ0v) is 12.2. The summed E-state index contributed by atoms with van der Waals surface area (Å²) >= 11 is 3.27. The molecule has 3 rings (SSSR count). The SMILES string of the molecule is Cc1ccc(Br)nc1C(=O)Nc1ccc2[nH]ncc2c1. The molecule has 3 aromatic rings. The van der Waals surface area contributed by atoms with E-state index in [1.54, 1.807) is 6.20 Å². The first-order chi connectivity index (χ1) is 9.63. The van der Waals surface area contributed by atoms with Crippen LogP contribution in [0.25, 0.3) is 10.9 Å². The minimum Gasteiger partial charge on any atom is -0.321 e. The fraction of sp³-hybridized carbons (Fsp3) is 0.0714. The number of hydrogen-bond donors (Lipinski definition) is 2. The van der Waals surface area contributed by atoms with Crippen LogP contribution in [0.2, 0.25) is 0 Å². The topological polar surface area (TPSA) is 70.7 Å². The fourth-order valence-electron chi connectivity index (χ4n) is 1.95. The number of rotatable bonds is 2. The molecule has 0 fully saturated rings. The van der Waals surface area contributed by atoms with Gasteiger partial charge >= 0.3 is 0 Å². The molecule has 2 N–H and O–H groups in total. The molecule has 0 saturated carbocycles. The van der Waals surface area contributed by atoms with E-state index in [-0.39, 0.29) is 5.91 Å². The number of aryl methyl sites for hydroxylation is 1. The Hall–Kier alpha value is -2.21. The van der Waals surface area contributed by atoms with Gasteiger partial charge in [0.1, 0.15) is 10.3 Å². The maximum Gasteiger partial charge on any atom is 0.274 e. The zero-order valence-electron chi connectivity index (χ0n) is 10.6. The predicted molar refractivity (Wildman–Crippen MR) is 80.7 cm³/mol. The van der Waals surface area contributed by atoms with Crippen molar-refractivity contribution in [2.45, 2.75) is 6.92 Å². The Balaban J connectivity index is 1.89. The second-order valence-corrected chi connectivity index (χ2v) is 5.24. The Kier molecular flexibility index (Phi) is 3.23. The standard InChI is InChI=1S/C14H11BrN4O/c1-8-2-5-12(15)18-13(8)14(20)17-10-3-4-11-9(6-10)7-16-19-11/h2-7H,1H3,(H,16,19)(H,17,20). The Morgan fingerprint density at radius 2 is 2.15 bits per heavy atom. The van der Waals surface area contributed by atoms with Crippen LogP contribution in [0.5, 0.6) is 0 Å². The molecule has 6 heteroatoms. The Morgan fingerprint density at radius 1 is 1.30 bits per heavy atom. The molecule has 0 aliphatic heterocycles. The third-order valence-electron chi connectivity index (χ3n) is 2.98. The number of anilines is 1. The van der Waals surface area contributed by atoms with E-state index in [0.717, 1.165) is 16.5 Å². The number of pyridine rings is 1. The predicted octanol–water partition coefficient (Wildman–Crippen LogP) is 3.28. The van der Waals surface area contributed by atoms with Gasteiger partial charge in [0.25, 0.3) is 5.91 Å². The smallest absolute Gasteiger partial charge is 0.274 e. The van der Waals surface area contributed by atoms with E-state index in [1.807, 2.05) is 37.3 Å². The number of aromatic nitrogens is 3. The molecule has 0 bridgehead atoms. The summed E-state index contributed by atoms with van der Waals surface area (Å²) in [6.07, 6.45) is 1.72. The number of carbonyl (C=O) groups is 1. The number of halogens is 1. The van der Waals surface area contributed by atoms with Gasteiger partial charge in [-0.1, -0.05) is 6.07 Å². The van der Waals surface area contributed by atoms with Crippen molar-refractivity contribution in [1.29, 1.82) is 0 Å². The van der Waals surface area contributed by atoms with E-state index in [4.69, 9.17) is 0 Å². The summed E-state index contributed by atoms with van der Waals surface area (Å²) in [6.45, 7) is 1.85. The van der Waals surface area contributed by atoms with Crippen LogP contribution in [-0.2, 0) is 0 Å². The number of amides is 1. The van der Waals surface area contributed by atoms with E-state index in [2.05, 4.69) is 36.4 Å². The minimum atomic E-state index is -0.230. The van der Waals surface area contributed by atoms with Crippen molar-refractivity contribution in [1.82, 2.24) is 15.2 Å². The van der Waals surface area contributed by atoms with Crippen LogP contribution in [-0.4, -0.2) is 21.1 Å². The van der Waals surface area contributed by atoms with Gasteiger partial charge in [-0.25, -0.2) is 4.98 Å². The van der Waals surface area contributed by atoms with Gasteiger partial charge in [0.05, 0.1) is 11.7 Å². The van der Waals surface area contributed by atoms with Crippen molar-refractivity contribution in [3.8, 4) is 0 Å². The molecule has 0 spiro atoms. The van der Waals surface area contributed by atoms with Gasteiger partial charge in [-0.15, -0.1) is 0 Å². The lowest BCUT2D eigenvalue weighted by Gasteiger charge is -2.07. The first kappa shape index (κ1) is 12.8. The third-order valence-corrected chi connectivity index (χ3v) is 3.42. The summed E-state index contributed by atoms with van der Waals surface area (Å²) in [5, 5.41) is 10.6. The minimum absolute atomic E-state index is 0.230. The molecule has 2 heterocycles. The number of aromatic amines is 1. The molecular weight excluding hydrogens is 320 g/mol. The average Bonchev–Trinajstić information content (AvgIpc) is 2.89. The highest BCUT2D eigenvalue weighted by Crippen LogP contribution is 2.18. The molecule has 2 aromatic heterocycles. The summed E-state index contributed by atoms with van der Waals surface area (Å²) in [7, 11) is 0. The highest BCUT2D eigenvalue weighted by molar-refractivity contribution is 9.10. The fourth-order valence-corrected chi connectivity index (χ4v) is 2.26. The number of hydrogen-bond acceptors (Lipinski definition) is 3. The highest BCUT2D eigenvalue weighted by Gasteiger charge is 2.12. The molecule has 20 heavy (non-hydrogen) atoms. The normalized spacial score (nSPS) is 10.7. The lowest BCUT2D eigenvalue weighted by molar-refractivity contribution is 0.102. The number of carbonyl (C=O) groups excluding carboxylic acids is 1. The van der Waals surface area contributed by atoms with Gasteiger partial charge in [-0.2, -0.15) is 5.10 Å². The third kappa shape index (κ3) is 2.42. The second kappa shape index (κ2) is 5.05. The molecule has 100 valence electrons. The summed E-state index contributed by atoms with van der Waals surface area (Å²) in [4.78, 5) is 16.5. The summed E-state index contributed by atoms with van der Waals surface area (Å²) in [6, 6.07) is 9.23. The molecule has 5 nitrogen and oxygen atoms in total. The first-order valence-electron chi connectivity index (χ1n) is 6.01. The molecule has 0 unspecified atom stereocenters. The van der Waals surface area contributed by atoms with Gasteiger partial charge in [0.2, 0.25) is 0 Å². The summed E-state index contributed by atoms with van der Waals surface area (Å²) < 4.78 is 0.638. The zero-order chi connectivity index (χ0) is 14.1. The van der Waals surface area contributed by atoms with Crippen molar-refractivity contribution in [2.24, 2.45) is 0 Å². The van der Waals surface area contributed by atoms with E-state index in [9.17, 15) is 4.79 Å². The van der Waals surface area contributed by atoms with Crippen molar-refractivity contribution < 1.29 is 4.79 Å². The molecule has 0 aliphatic rings. The van der Waals surface area contributed by atoms with Crippen molar-refractivity contribution >= 4 is 38.4 Å². The van der Waals surface area contributed by atoms with Gasteiger partial charge in [-0.05, 0) is 52.7 Å². The van der Waals surface area contributed by atoms with Crippen molar-refractivity contribution in [2.75, 3.05) is 5.32 Å². The van der Waals surface area contributed by atoms with Crippen molar-refractivity contribution in [3.63, 3.8) is 0 Å². The Bertz CT molecular complexity index is 797.